The van der Waals surface area contributed by atoms with Crippen molar-refractivity contribution in [3.63, 3.8) is 0 Å². The van der Waals surface area contributed by atoms with E-state index in [1.54, 1.807) is 0 Å². The highest BCUT2D eigenvalue weighted by Crippen LogP contribution is 2.44. The average Bonchev–Trinajstić information content (AvgIpc) is 3.24. The topological polar surface area (TPSA) is 133 Å². The molecule has 0 saturated heterocycles. The fourth-order valence-corrected chi connectivity index (χ4v) is 3.20. The van der Waals surface area contributed by atoms with Crippen molar-refractivity contribution in [2.24, 2.45) is 5.73 Å². The normalized spacial score (nSPS) is 16.3. The van der Waals surface area contributed by atoms with E-state index >= 15 is 0 Å². The summed E-state index contributed by atoms with van der Waals surface area (Å²) in [5.41, 5.74) is 8.12. The zero-order valence-corrected chi connectivity index (χ0v) is 15.0. The Balaban J connectivity index is 2.02. The zero-order valence-electron chi connectivity index (χ0n) is 15.0. The van der Waals surface area contributed by atoms with E-state index in [9.17, 15) is 15.4 Å². The summed E-state index contributed by atoms with van der Waals surface area (Å²) in [5.74, 6) is -0.890. The SMILES string of the molecule is N#CC1=C(N)OC(c2ccccc2)=C(n2cnc([N+](=O)[O-])n2)[C@H]1c1ccccc1. The maximum absolute atomic E-state index is 11.1. The van der Waals surface area contributed by atoms with Crippen molar-refractivity contribution in [3.05, 3.63) is 99.7 Å². The molecule has 0 radical (unpaired) electrons. The quantitative estimate of drug-likeness (QED) is 0.538. The van der Waals surface area contributed by atoms with Crippen LogP contribution in [0.2, 0.25) is 0 Å². The van der Waals surface area contributed by atoms with Gasteiger partial charge in [0.05, 0.1) is 5.92 Å². The Hall–Kier alpha value is -4.45. The standard InChI is InChI=1S/C20H14N6O3/c21-11-15-16(13-7-3-1-4-8-13)17(25-12-23-20(24-25)26(27)28)18(29-19(15)22)14-9-5-2-6-10-14/h1-10,12,16H,22H2/t16-/m0/s1. The van der Waals surface area contributed by atoms with E-state index in [1.165, 1.54) is 11.0 Å². The number of benzene rings is 2. The Morgan fingerprint density at radius 3 is 2.38 bits per heavy atom. The van der Waals surface area contributed by atoms with Crippen LogP contribution in [-0.4, -0.2) is 19.7 Å². The molecule has 9 nitrogen and oxygen atoms in total. The highest BCUT2D eigenvalue weighted by molar-refractivity contribution is 5.86. The molecule has 0 fully saturated rings. The maximum Gasteiger partial charge on any atom is 0.491 e. The molecule has 2 N–H and O–H groups in total. The number of nitrogens with two attached hydrogens (primary N) is 1. The second kappa shape index (κ2) is 7.28. The fourth-order valence-electron chi connectivity index (χ4n) is 3.20. The molecule has 2 aromatic carbocycles. The number of rotatable bonds is 4. The van der Waals surface area contributed by atoms with Crippen LogP contribution < -0.4 is 5.73 Å². The van der Waals surface area contributed by atoms with Gasteiger partial charge >= 0.3 is 5.95 Å². The maximum atomic E-state index is 11.1. The van der Waals surface area contributed by atoms with E-state index in [1.807, 2.05) is 60.7 Å². The molecule has 0 bridgehead atoms. The van der Waals surface area contributed by atoms with Gasteiger partial charge in [0.1, 0.15) is 17.3 Å². The smallest absolute Gasteiger partial charge is 0.438 e. The van der Waals surface area contributed by atoms with Gasteiger partial charge in [-0.05, 0) is 10.5 Å². The summed E-state index contributed by atoms with van der Waals surface area (Å²) in [6, 6.07) is 20.4. The zero-order chi connectivity index (χ0) is 20.4. The van der Waals surface area contributed by atoms with Crippen LogP contribution in [0.4, 0.5) is 5.95 Å². The Morgan fingerprint density at radius 2 is 1.79 bits per heavy atom. The van der Waals surface area contributed by atoms with E-state index in [2.05, 4.69) is 16.2 Å². The van der Waals surface area contributed by atoms with Gasteiger partial charge in [-0.25, -0.2) is 0 Å². The third-order valence-corrected chi connectivity index (χ3v) is 4.45. The number of allylic oxidation sites excluding steroid dienone is 2. The lowest BCUT2D eigenvalue weighted by Crippen LogP contribution is -2.23. The van der Waals surface area contributed by atoms with Crippen molar-refractivity contribution in [2.45, 2.75) is 5.92 Å². The number of nitriles is 1. The molecule has 1 aliphatic rings. The molecule has 9 heteroatoms. The van der Waals surface area contributed by atoms with Gasteiger partial charge in [0.15, 0.2) is 5.76 Å². The molecule has 1 aliphatic heterocycles. The van der Waals surface area contributed by atoms with Crippen molar-refractivity contribution >= 4 is 17.4 Å². The van der Waals surface area contributed by atoms with E-state index < -0.39 is 16.8 Å². The molecule has 1 atom stereocenters. The van der Waals surface area contributed by atoms with Gasteiger partial charge in [0, 0.05) is 10.7 Å². The number of ether oxygens (including phenoxy) is 1. The first-order chi connectivity index (χ1) is 14.1. The Bertz CT molecular complexity index is 1180. The van der Waals surface area contributed by atoms with Crippen LogP contribution in [0.3, 0.4) is 0 Å². The summed E-state index contributed by atoms with van der Waals surface area (Å²) < 4.78 is 7.09. The molecule has 3 aromatic rings. The molecule has 0 spiro atoms. The molecular formula is C20H14N6O3. The van der Waals surface area contributed by atoms with E-state index in [0.717, 1.165) is 5.56 Å². The molecule has 0 unspecified atom stereocenters. The lowest BCUT2D eigenvalue weighted by atomic mass is 9.86. The van der Waals surface area contributed by atoms with Gasteiger partial charge < -0.3 is 20.6 Å². The summed E-state index contributed by atoms with van der Waals surface area (Å²) in [6.45, 7) is 0. The highest BCUT2D eigenvalue weighted by Gasteiger charge is 2.37. The number of nitrogens with zero attached hydrogens (tertiary/aromatic N) is 5. The minimum Gasteiger partial charge on any atom is -0.438 e. The largest absolute Gasteiger partial charge is 0.491 e. The first-order valence-electron chi connectivity index (χ1n) is 8.58. The third kappa shape index (κ3) is 3.19. The van der Waals surface area contributed by atoms with Crippen molar-refractivity contribution in [1.82, 2.24) is 14.8 Å². The molecule has 1 aromatic heterocycles. The summed E-state index contributed by atoms with van der Waals surface area (Å²) >= 11 is 0. The Kier molecular flexibility index (Phi) is 4.50. The molecule has 0 aliphatic carbocycles. The predicted molar refractivity (Wildman–Crippen MR) is 103 cm³/mol. The van der Waals surface area contributed by atoms with Crippen LogP contribution in [-0.2, 0) is 4.74 Å². The number of nitro groups is 1. The lowest BCUT2D eigenvalue weighted by molar-refractivity contribution is -0.394. The van der Waals surface area contributed by atoms with Crippen LogP contribution in [0.25, 0.3) is 11.5 Å². The minimum absolute atomic E-state index is 0.0291. The molecular weight excluding hydrogens is 372 g/mol. The monoisotopic (exact) mass is 386 g/mol. The average molecular weight is 386 g/mol. The molecule has 29 heavy (non-hydrogen) atoms. The van der Waals surface area contributed by atoms with Crippen molar-refractivity contribution in [3.8, 4) is 6.07 Å². The molecule has 2 heterocycles. The Labute approximate surface area is 165 Å². The molecule has 0 saturated carbocycles. The predicted octanol–water partition coefficient (Wildman–Crippen LogP) is 3.02. The Morgan fingerprint density at radius 1 is 1.14 bits per heavy atom. The van der Waals surface area contributed by atoms with E-state index in [-0.39, 0.29) is 11.5 Å². The van der Waals surface area contributed by atoms with E-state index in [4.69, 9.17) is 10.5 Å². The summed E-state index contributed by atoms with van der Waals surface area (Å²) in [4.78, 5) is 14.2. The van der Waals surface area contributed by atoms with Crippen LogP contribution in [0, 0.1) is 21.4 Å². The molecule has 142 valence electrons. The fraction of sp³-hybridized carbons (Fsp3) is 0.0500. The van der Waals surface area contributed by atoms with Crippen molar-refractivity contribution < 1.29 is 9.66 Å². The van der Waals surface area contributed by atoms with Gasteiger partial charge in [0.2, 0.25) is 12.2 Å². The van der Waals surface area contributed by atoms with Gasteiger partial charge in [0.25, 0.3) is 0 Å². The number of aromatic nitrogens is 3. The van der Waals surface area contributed by atoms with Gasteiger partial charge in [-0.3, -0.25) is 0 Å². The van der Waals surface area contributed by atoms with Gasteiger partial charge in [-0.15, -0.1) is 4.68 Å². The molecule has 0 amide bonds. The summed E-state index contributed by atoms with van der Waals surface area (Å²) in [6.07, 6.45) is 1.23. The van der Waals surface area contributed by atoms with Crippen LogP contribution in [0.5, 0.6) is 0 Å². The summed E-state index contributed by atoms with van der Waals surface area (Å²) in [5, 5.41) is 24.8. The van der Waals surface area contributed by atoms with Crippen LogP contribution >= 0.6 is 0 Å². The molecule has 4 rings (SSSR count). The number of hydrogen-bond donors (Lipinski definition) is 1. The first-order valence-corrected chi connectivity index (χ1v) is 8.58. The van der Waals surface area contributed by atoms with E-state index in [0.29, 0.717) is 17.0 Å². The highest BCUT2D eigenvalue weighted by atomic mass is 16.6. The second-order valence-corrected chi connectivity index (χ2v) is 6.16. The van der Waals surface area contributed by atoms with Crippen molar-refractivity contribution in [1.29, 1.82) is 5.26 Å². The third-order valence-electron chi connectivity index (χ3n) is 4.45. The van der Waals surface area contributed by atoms with Crippen LogP contribution in [0.1, 0.15) is 17.0 Å². The number of hydrogen-bond acceptors (Lipinski definition) is 7. The van der Waals surface area contributed by atoms with Crippen molar-refractivity contribution in [2.75, 3.05) is 0 Å². The van der Waals surface area contributed by atoms with Gasteiger partial charge in [-0.1, -0.05) is 65.6 Å². The summed E-state index contributed by atoms with van der Waals surface area (Å²) in [7, 11) is 0. The van der Waals surface area contributed by atoms with Gasteiger partial charge in [-0.2, -0.15) is 5.26 Å². The second-order valence-electron chi connectivity index (χ2n) is 6.16. The van der Waals surface area contributed by atoms with Crippen LogP contribution in [0.15, 0.2) is 78.4 Å². The lowest BCUT2D eigenvalue weighted by Gasteiger charge is -2.28. The minimum atomic E-state index is -0.685. The first kappa shape index (κ1) is 17.9.